The van der Waals surface area contributed by atoms with Crippen LogP contribution in [0.25, 0.3) is 0 Å². The Bertz CT molecular complexity index is 873. The number of likely N-dealkylation sites (tertiary alicyclic amines) is 1. The zero-order valence-corrected chi connectivity index (χ0v) is 17.3. The van der Waals surface area contributed by atoms with Crippen molar-refractivity contribution < 1.29 is 19.4 Å². The van der Waals surface area contributed by atoms with E-state index in [2.05, 4.69) is 37.2 Å². The maximum Gasteiger partial charge on any atom is 0.304 e. The van der Waals surface area contributed by atoms with Gasteiger partial charge in [-0.25, -0.2) is 0 Å². The van der Waals surface area contributed by atoms with Crippen molar-refractivity contribution in [1.29, 1.82) is 0 Å². The van der Waals surface area contributed by atoms with Crippen LogP contribution in [-0.2, 0) is 16.8 Å². The van der Waals surface area contributed by atoms with Crippen LogP contribution < -0.4 is 14.9 Å². The Morgan fingerprint density at radius 1 is 1.39 bits per heavy atom. The molecule has 2 aromatic rings. The van der Waals surface area contributed by atoms with Crippen molar-refractivity contribution in [2.24, 2.45) is 0 Å². The lowest BCUT2D eigenvalue weighted by Crippen LogP contribution is -2.44. The minimum atomic E-state index is -0.727. The molecule has 7 heteroatoms. The van der Waals surface area contributed by atoms with E-state index in [4.69, 9.17) is 14.6 Å². The first kappa shape index (κ1) is 19.3. The van der Waals surface area contributed by atoms with Crippen molar-refractivity contribution in [2.45, 2.75) is 38.2 Å². The Morgan fingerprint density at radius 2 is 2.18 bits per heavy atom. The average molecular weight is 399 g/mol. The molecule has 148 valence electrons. The van der Waals surface area contributed by atoms with E-state index < -0.39 is 5.97 Å². The highest BCUT2D eigenvalue weighted by atomic mass is 32.1. The third kappa shape index (κ3) is 3.78. The van der Waals surface area contributed by atoms with Gasteiger partial charge in [0.05, 0.1) is 13.0 Å². The van der Waals surface area contributed by atoms with Gasteiger partial charge < -0.3 is 19.5 Å². The number of fused-ring (bicyclic) bond motifs is 2. The van der Waals surface area contributed by atoms with Gasteiger partial charge in [-0.3, -0.25) is 4.79 Å². The van der Waals surface area contributed by atoms with Crippen LogP contribution >= 0.6 is 11.3 Å². The summed E-state index contributed by atoms with van der Waals surface area (Å²) in [7, 11) is 2.13. The van der Waals surface area contributed by atoms with E-state index in [1.165, 1.54) is 21.5 Å². The molecule has 28 heavy (non-hydrogen) atoms. The molecule has 1 fully saturated rings. The number of carboxylic acid groups (broad SMARTS) is 1. The quantitative estimate of drug-likeness (QED) is 0.754. The lowest BCUT2D eigenvalue weighted by Gasteiger charge is -2.38. The molecular weight excluding hydrogens is 373 g/mol. The van der Waals surface area contributed by atoms with E-state index in [9.17, 15) is 4.79 Å². The fraction of sp³-hybridized carbons (Fsp3) is 0.476. The van der Waals surface area contributed by atoms with Crippen LogP contribution in [0.5, 0.6) is 11.5 Å². The zero-order valence-electron chi connectivity index (χ0n) is 16.5. The molecule has 2 aliphatic rings. The van der Waals surface area contributed by atoms with Gasteiger partial charge in [0.25, 0.3) is 0 Å². The summed E-state index contributed by atoms with van der Waals surface area (Å²) in [5, 5.41) is 11.1. The zero-order chi connectivity index (χ0) is 19.7. The Kier molecular flexibility index (Phi) is 5.38. The number of carbonyl (C=O) groups is 1. The van der Waals surface area contributed by atoms with Crippen LogP contribution in [-0.4, -0.2) is 50.1 Å². The molecule has 0 bridgehead atoms. The SMILES string of the molecule is Bc1csc(COc2ccc3c(c2)OCC32CCN(CCC(=O)O)CC2)c1C. The summed E-state index contributed by atoms with van der Waals surface area (Å²) in [6.45, 7) is 5.92. The van der Waals surface area contributed by atoms with Crippen LogP contribution in [0.15, 0.2) is 23.6 Å². The van der Waals surface area contributed by atoms with E-state index in [1.807, 2.05) is 6.07 Å². The van der Waals surface area contributed by atoms with Crippen molar-refractivity contribution in [3.05, 3.63) is 39.6 Å². The molecule has 1 aromatic heterocycles. The first-order valence-electron chi connectivity index (χ1n) is 9.85. The number of hydrogen-bond donors (Lipinski definition) is 1. The van der Waals surface area contributed by atoms with Gasteiger partial charge in [0.1, 0.15) is 26.0 Å². The lowest BCUT2D eigenvalue weighted by molar-refractivity contribution is -0.137. The second kappa shape index (κ2) is 7.80. The smallest absolute Gasteiger partial charge is 0.304 e. The van der Waals surface area contributed by atoms with Gasteiger partial charge in [-0.15, -0.1) is 11.3 Å². The van der Waals surface area contributed by atoms with Crippen LogP contribution in [0.2, 0.25) is 0 Å². The third-order valence-corrected chi connectivity index (χ3v) is 7.42. The molecule has 0 saturated carbocycles. The first-order chi connectivity index (χ1) is 13.5. The predicted molar refractivity (Wildman–Crippen MR) is 113 cm³/mol. The highest BCUT2D eigenvalue weighted by Crippen LogP contribution is 2.46. The molecule has 0 amide bonds. The molecule has 5 nitrogen and oxygen atoms in total. The summed E-state index contributed by atoms with van der Waals surface area (Å²) in [5.74, 6) is 1.06. The summed E-state index contributed by atoms with van der Waals surface area (Å²) in [5.41, 5.74) is 3.98. The number of carboxylic acids is 1. The summed E-state index contributed by atoms with van der Waals surface area (Å²) in [6, 6.07) is 6.25. The molecule has 1 spiro atoms. The standard InChI is InChI=1S/C21H26BNO4S/c1-14-17(22)12-28-19(14)11-26-15-2-3-16-18(10-15)27-13-21(16)5-8-23(9-6-21)7-4-20(24)25/h2-3,10,12H,4-9,11,13,22H2,1H3,(H,24,25). The molecule has 2 aliphatic heterocycles. The number of hydrogen-bond acceptors (Lipinski definition) is 5. The maximum atomic E-state index is 10.8. The minimum Gasteiger partial charge on any atom is -0.492 e. The highest BCUT2D eigenvalue weighted by molar-refractivity contribution is 7.11. The second-order valence-electron chi connectivity index (χ2n) is 7.97. The van der Waals surface area contributed by atoms with Gasteiger partial charge in [0, 0.05) is 28.5 Å². The van der Waals surface area contributed by atoms with Crippen LogP contribution in [0.1, 0.15) is 35.3 Å². The van der Waals surface area contributed by atoms with Crippen molar-refractivity contribution in [3.63, 3.8) is 0 Å². The van der Waals surface area contributed by atoms with Gasteiger partial charge in [0.15, 0.2) is 0 Å². The summed E-state index contributed by atoms with van der Waals surface area (Å²) in [4.78, 5) is 14.3. The summed E-state index contributed by atoms with van der Waals surface area (Å²) in [6.07, 6.45) is 2.23. The van der Waals surface area contributed by atoms with Gasteiger partial charge >= 0.3 is 5.97 Å². The van der Waals surface area contributed by atoms with Crippen LogP contribution in [0.4, 0.5) is 0 Å². The van der Waals surface area contributed by atoms with E-state index in [0.717, 1.165) is 37.4 Å². The van der Waals surface area contributed by atoms with Gasteiger partial charge in [-0.2, -0.15) is 0 Å². The lowest BCUT2D eigenvalue weighted by atomic mass is 9.74. The molecule has 0 atom stereocenters. The fourth-order valence-electron chi connectivity index (χ4n) is 4.16. The van der Waals surface area contributed by atoms with Crippen molar-refractivity contribution in [2.75, 3.05) is 26.2 Å². The molecule has 0 unspecified atom stereocenters. The normalized spacial score (nSPS) is 18.0. The molecule has 1 N–H and O–H groups in total. The first-order valence-corrected chi connectivity index (χ1v) is 10.7. The van der Waals surface area contributed by atoms with E-state index >= 15 is 0 Å². The molecule has 0 aliphatic carbocycles. The fourth-order valence-corrected chi connectivity index (χ4v) is 5.12. The molecule has 1 aromatic carbocycles. The van der Waals surface area contributed by atoms with E-state index in [0.29, 0.717) is 19.8 Å². The van der Waals surface area contributed by atoms with Crippen molar-refractivity contribution >= 4 is 30.6 Å². The Labute approximate surface area is 170 Å². The molecule has 3 heterocycles. The monoisotopic (exact) mass is 399 g/mol. The second-order valence-corrected chi connectivity index (χ2v) is 8.93. The number of thiophene rings is 1. The molecule has 0 radical (unpaired) electrons. The van der Waals surface area contributed by atoms with Gasteiger partial charge in [-0.1, -0.05) is 11.5 Å². The van der Waals surface area contributed by atoms with Crippen LogP contribution in [0, 0.1) is 6.92 Å². The maximum absolute atomic E-state index is 10.8. The predicted octanol–water partition coefficient (Wildman–Crippen LogP) is 2.09. The largest absolute Gasteiger partial charge is 0.492 e. The Morgan fingerprint density at radius 3 is 2.86 bits per heavy atom. The average Bonchev–Trinajstić information content (AvgIpc) is 3.20. The summed E-state index contributed by atoms with van der Waals surface area (Å²) < 4.78 is 12.1. The summed E-state index contributed by atoms with van der Waals surface area (Å²) >= 11 is 1.75. The topological polar surface area (TPSA) is 59.0 Å². The number of benzene rings is 1. The van der Waals surface area contributed by atoms with E-state index in [-0.39, 0.29) is 11.8 Å². The molecular formula is C21H26BNO4S. The van der Waals surface area contributed by atoms with Crippen LogP contribution in [0.3, 0.4) is 0 Å². The number of rotatable bonds is 6. The van der Waals surface area contributed by atoms with Gasteiger partial charge in [-0.05, 0) is 49.9 Å². The number of nitrogens with zero attached hydrogens (tertiary/aromatic N) is 1. The third-order valence-electron chi connectivity index (χ3n) is 6.24. The Hall–Kier alpha value is -1.99. The number of piperidine rings is 1. The molecule has 1 saturated heterocycles. The Balaban J connectivity index is 1.40. The highest BCUT2D eigenvalue weighted by Gasteiger charge is 2.43. The number of aliphatic carboxylic acids is 1. The molecule has 4 rings (SSSR count). The van der Waals surface area contributed by atoms with Gasteiger partial charge in [0.2, 0.25) is 0 Å². The van der Waals surface area contributed by atoms with Crippen molar-refractivity contribution in [1.82, 2.24) is 4.90 Å². The minimum absolute atomic E-state index is 0.0645. The van der Waals surface area contributed by atoms with Crippen molar-refractivity contribution in [3.8, 4) is 11.5 Å². The van der Waals surface area contributed by atoms with E-state index in [1.54, 1.807) is 11.3 Å². The number of ether oxygens (including phenoxy) is 2.